The summed E-state index contributed by atoms with van der Waals surface area (Å²) >= 11 is 0. The van der Waals surface area contributed by atoms with E-state index in [1.54, 1.807) is 0 Å². The molecule has 0 atom stereocenters. The Morgan fingerprint density at radius 1 is 0.435 bits per heavy atom. The van der Waals surface area contributed by atoms with Gasteiger partial charge < -0.3 is 14.2 Å². The molecule has 11 rings (SSSR count). The van der Waals surface area contributed by atoms with Crippen LogP contribution in [0.4, 0.5) is 17.1 Å². The fourth-order valence-electron chi connectivity index (χ4n) is 8.69. The highest BCUT2D eigenvalue weighted by Crippen LogP contribution is 2.63. The molecular weight excluding hydrogens is 560 g/mol. The first-order chi connectivity index (χ1) is 22.8. The van der Waals surface area contributed by atoms with Gasteiger partial charge >= 0.3 is 0 Å². The molecule has 0 bridgehead atoms. The molecule has 0 unspecified atom stereocenters. The van der Waals surface area contributed by atoms with Gasteiger partial charge in [0.25, 0.3) is 0 Å². The highest BCUT2D eigenvalue weighted by Gasteiger charge is 2.51. The summed E-state index contributed by atoms with van der Waals surface area (Å²) in [6.07, 6.45) is 0. The van der Waals surface area contributed by atoms with E-state index in [1.165, 1.54) is 61.0 Å². The summed E-state index contributed by atoms with van der Waals surface area (Å²) in [4.78, 5) is 2.42. The summed E-state index contributed by atoms with van der Waals surface area (Å²) < 4.78 is 9.09. The Morgan fingerprint density at radius 3 is 1.74 bits per heavy atom. The molecule has 2 aliphatic heterocycles. The predicted molar refractivity (Wildman–Crippen MR) is 186 cm³/mol. The van der Waals surface area contributed by atoms with Gasteiger partial charge in [0.2, 0.25) is 0 Å². The monoisotopic (exact) mass is 586 g/mol. The third-order valence-corrected chi connectivity index (χ3v) is 10.4. The lowest BCUT2D eigenvalue weighted by atomic mass is 9.64. The van der Waals surface area contributed by atoms with Crippen molar-refractivity contribution >= 4 is 38.9 Å². The molecule has 8 aromatic rings. The maximum absolute atomic E-state index is 6.73. The lowest BCUT2D eigenvalue weighted by molar-refractivity contribution is 0.476. The predicted octanol–water partition coefficient (Wildman–Crippen LogP) is 11.0. The number of aromatic nitrogens is 1. The molecule has 0 saturated carbocycles. The van der Waals surface area contributed by atoms with E-state index in [2.05, 4.69) is 167 Å². The first kappa shape index (κ1) is 24.3. The standard InChI is InChI=1S/C43H26N2O/c1-4-16-32-28(12-1)29-13-2-5-17-33(29)43(32)34-18-6-9-21-37(34)44(38-22-10-7-19-35(38)43)27-24-25-39-41(26-27)46-40-23-11-15-31-30-14-3-8-20-36(30)45(39)42(31)40/h1-26H. The van der Waals surface area contributed by atoms with Gasteiger partial charge in [-0.2, -0.15) is 0 Å². The van der Waals surface area contributed by atoms with Crippen molar-refractivity contribution in [2.45, 2.75) is 5.41 Å². The molecule has 3 heteroatoms. The minimum Gasteiger partial charge on any atom is -0.453 e. The third kappa shape index (κ3) is 2.80. The van der Waals surface area contributed by atoms with Crippen molar-refractivity contribution in [1.29, 1.82) is 0 Å². The van der Waals surface area contributed by atoms with Crippen molar-refractivity contribution in [1.82, 2.24) is 4.57 Å². The average Bonchev–Trinajstić information content (AvgIpc) is 3.61. The van der Waals surface area contributed by atoms with E-state index in [0.29, 0.717) is 0 Å². The molecule has 0 fully saturated rings. The van der Waals surface area contributed by atoms with Crippen LogP contribution in [0.1, 0.15) is 22.3 Å². The molecule has 46 heavy (non-hydrogen) atoms. The first-order valence-corrected chi connectivity index (χ1v) is 15.9. The maximum atomic E-state index is 6.73. The maximum Gasteiger partial charge on any atom is 0.153 e. The number of ether oxygens (including phenoxy) is 1. The van der Waals surface area contributed by atoms with Crippen molar-refractivity contribution in [3.63, 3.8) is 0 Å². The van der Waals surface area contributed by atoms with Gasteiger partial charge in [-0.05, 0) is 69.8 Å². The zero-order chi connectivity index (χ0) is 30.0. The third-order valence-electron chi connectivity index (χ3n) is 10.4. The highest BCUT2D eigenvalue weighted by molar-refractivity contribution is 6.12. The largest absolute Gasteiger partial charge is 0.453 e. The molecule has 0 N–H and O–H groups in total. The van der Waals surface area contributed by atoms with E-state index in [0.717, 1.165) is 28.4 Å². The number of rotatable bonds is 1. The van der Waals surface area contributed by atoms with E-state index in [4.69, 9.17) is 4.74 Å². The Hall–Kier alpha value is -6.06. The number of para-hydroxylation sites is 4. The van der Waals surface area contributed by atoms with Gasteiger partial charge in [-0.25, -0.2) is 0 Å². The van der Waals surface area contributed by atoms with Crippen molar-refractivity contribution in [3.8, 4) is 28.3 Å². The number of anilines is 3. The van der Waals surface area contributed by atoms with Gasteiger partial charge in [-0.1, -0.05) is 115 Å². The number of nitrogens with zero attached hydrogens (tertiary/aromatic N) is 2. The van der Waals surface area contributed by atoms with Gasteiger partial charge in [0.1, 0.15) is 0 Å². The average molecular weight is 587 g/mol. The Morgan fingerprint density at radius 2 is 1.02 bits per heavy atom. The second kappa shape index (κ2) is 8.56. The Kier molecular flexibility index (Phi) is 4.52. The van der Waals surface area contributed by atoms with E-state index < -0.39 is 5.41 Å². The summed E-state index contributed by atoms with van der Waals surface area (Å²) in [5.74, 6) is 1.74. The summed E-state index contributed by atoms with van der Waals surface area (Å²) in [5.41, 5.74) is 14.2. The van der Waals surface area contributed by atoms with Gasteiger partial charge in [0.05, 0.1) is 39.2 Å². The molecule has 1 spiro atoms. The topological polar surface area (TPSA) is 17.4 Å². The van der Waals surface area contributed by atoms with Crippen LogP contribution in [0.15, 0.2) is 158 Å². The molecule has 1 aromatic heterocycles. The number of fused-ring (bicyclic) bond motifs is 14. The van der Waals surface area contributed by atoms with Crippen LogP contribution in [0.25, 0.3) is 38.6 Å². The minimum atomic E-state index is -0.420. The zero-order valence-electron chi connectivity index (χ0n) is 24.8. The molecular formula is C43H26N2O. The van der Waals surface area contributed by atoms with E-state index in [-0.39, 0.29) is 0 Å². The van der Waals surface area contributed by atoms with Gasteiger partial charge in [0, 0.05) is 16.8 Å². The van der Waals surface area contributed by atoms with Crippen molar-refractivity contribution < 1.29 is 4.74 Å². The molecule has 0 radical (unpaired) electrons. The van der Waals surface area contributed by atoms with Crippen LogP contribution in [0.5, 0.6) is 11.5 Å². The minimum absolute atomic E-state index is 0.420. The molecule has 3 nitrogen and oxygen atoms in total. The first-order valence-electron chi connectivity index (χ1n) is 15.9. The summed E-state index contributed by atoms with van der Waals surface area (Å²) in [6, 6.07) is 57.5. The normalized spacial score (nSPS) is 14.4. The highest BCUT2D eigenvalue weighted by atomic mass is 16.5. The van der Waals surface area contributed by atoms with Crippen LogP contribution in [0.2, 0.25) is 0 Å². The van der Waals surface area contributed by atoms with Crippen LogP contribution in [0, 0.1) is 0 Å². The Labute approximate surface area is 266 Å². The molecule has 214 valence electrons. The summed E-state index contributed by atoms with van der Waals surface area (Å²) in [7, 11) is 0. The molecule has 7 aromatic carbocycles. The quantitative estimate of drug-likeness (QED) is 0.190. The second-order valence-corrected chi connectivity index (χ2v) is 12.5. The van der Waals surface area contributed by atoms with Crippen LogP contribution in [0.3, 0.4) is 0 Å². The van der Waals surface area contributed by atoms with Gasteiger partial charge in [-0.15, -0.1) is 0 Å². The lowest BCUT2D eigenvalue weighted by Crippen LogP contribution is -2.36. The zero-order valence-corrected chi connectivity index (χ0v) is 24.8. The van der Waals surface area contributed by atoms with Crippen LogP contribution < -0.4 is 9.64 Å². The smallest absolute Gasteiger partial charge is 0.153 e. The Bertz CT molecular complexity index is 2500. The molecule has 0 amide bonds. The Balaban J connectivity index is 1.18. The van der Waals surface area contributed by atoms with E-state index >= 15 is 0 Å². The van der Waals surface area contributed by atoms with Crippen molar-refractivity contribution in [2.24, 2.45) is 0 Å². The second-order valence-electron chi connectivity index (χ2n) is 12.5. The fraction of sp³-hybridized carbons (Fsp3) is 0.0233. The number of benzene rings is 7. The number of hydrogen-bond donors (Lipinski definition) is 0. The summed E-state index contributed by atoms with van der Waals surface area (Å²) in [5, 5.41) is 2.45. The van der Waals surface area contributed by atoms with Crippen LogP contribution >= 0.6 is 0 Å². The van der Waals surface area contributed by atoms with Crippen molar-refractivity contribution in [3.05, 3.63) is 180 Å². The molecule has 0 saturated heterocycles. The summed E-state index contributed by atoms with van der Waals surface area (Å²) in [6.45, 7) is 0. The molecule has 1 aliphatic carbocycles. The molecule has 3 aliphatic rings. The van der Waals surface area contributed by atoms with Crippen molar-refractivity contribution in [2.75, 3.05) is 4.90 Å². The van der Waals surface area contributed by atoms with Crippen LogP contribution in [-0.2, 0) is 5.41 Å². The van der Waals surface area contributed by atoms with Gasteiger partial charge in [0.15, 0.2) is 11.5 Å². The lowest BCUT2D eigenvalue weighted by Gasteiger charge is -2.45. The van der Waals surface area contributed by atoms with E-state index in [1.807, 2.05) is 0 Å². The van der Waals surface area contributed by atoms with Crippen LogP contribution in [-0.4, -0.2) is 4.57 Å². The SMILES string of the molecule is c1ccc2c(c1)-c1ccccc1C21c2ccccc2N(c2ccc3c(c2)Oc2cccc4c5ccccc5n-3c24)c2ccccc21. The number of hydrogen-bond acceptors (Lipinski definition) is 2. The molecule has 3 heterocycles. The van der Waals surface area contributed by atoms with Gasteiger partial charge in [-0.3, -0.25) is 0 Å². The van der Waals surface area contributed by atoms with E-state index in [9.17, 15) is 0 Å². The fourth-order valence-corrected chi connectivity index (χ4v) is 8.69.